The number of nitrogens with one attached hydrogen (secondary N) is 2. The first-order chi connectivity index (χ1) is 13.1. The van der Waals surface area contributed by atoms with Crippen molar-refractivity contribution in [1.29, 1.82) is 0 Å². The topological polar surface area (TPSA) is 68.3 Å². The molecular weight excluding hydrogens is 366 g/mol. The molecule has 1 aliphatic rings. The largest absolute Gasteiger partial charge is 0.497 e. The number of aromatic nitrogens is 2. The van der Waals surface area contributed by atoms with E-state index >= 15 is 0 Å². The van der Waals surface area contributed by atoms with Crippen LogP contribution in [0.1, 0.15) is 17.9 Å². The van der Waals surface area contributed by atoms with Crippen LogP contribution in [0.4, 0.5) is 0 Å². The van der Waals surface area contributed by atoms with Crippen molar-refractivity contribution in [1.82, 2.24) is 14.9 Å². The molecule has 1 aliphatic heterocycles. The van der Waals surface area contributed by atoms with Gasteiger partial charge in [-0.2, -0.15) is 0 Å². The highest BCUT2D eigenvalue weighted by Crippen LogP contribution is 2.35. The minimum atomic E-state index is -0.0827. The number of benzene rings is 1. The summed E-state index contributed by atoms with van der Waals surface area (Å²) in [6.07, 6.45) is 4.54. The van der Waals surface area contributed by atoms with Gasteiger partial charge in [0.1, 0.15) is 23.1 Å². The minimum Gasteiger partial charge on any atom is -0.497 e. The van der Waals surface area contributed by atoms with Crippen molar-refractivity contribution in [2.45, 2.75) is 18.4 Å². The first kappa shape index (κ1) is 17.9. The molecule has 0 bridgehead atoms. The van der Waals surface area contributed by atoms with Gasteiger partial charge in [0.15, 0.2) is 0 Å². The van der Waals surface area contributed by atoms with Crippen molar-refractivity contribution in [3.8, 4) is 11.5 Å². The van der Waals surface area contributed by atoms with Gasteiger partial charge in [0, 0.05) is 43.4 Å². The summed E-state index contributed by atoms with van der Waals surface area (Å²) in [4.78, 5) is 15.0. The molecule has 0 spiro atoms. The number of nitrogens with zero attached hydrogens (tertiary/aromatic N) is 1. The molecule has 4 rings (SSSR count). The van der Waals surface area contributed by atoms with Crippen LogP contribution >= 0.6 is 11.6 Å². The Morgan fingerprint density at radius 2 is 2.15 bits per heavy atom. The van der Waals surface area contributed by atoms with E-state index in [2.05, 4.69) is 10.3 Å². The Morgan fingerprint density at radius 1 is 1.30 bits per heavy atom. The lowest BCUT2D eigenvalue weighted by Crippen LogP contribution is -2.41. The summed E-state index contributed by atoms with van der Waals surface area (Å²) in [6, 6.07) is 7.39. The van der Waals surface area contributed by atoms with Crippen LogP contribution in [-0.4, -0.2) is 35.9 Å². The highest BCUT2D eigenvalue weighted by atomic mass is 35.5. The minimum absolute atomic E-state index is 0.0398. The lowest BCUT2D eigenvalue weighted by Gasteiger charge is -2.32. The third-order valence-electron chi connectivity index (χ3n) is 5.17. The molecule has 142 valence electrons. The van der Waals surface area contributed by atoms with Crippen LogP contribution in [0, 0.1) is 0 Å². The summed E-state index contributed by atoms with van der Waals surface area (Å²) in [7, 11) is 3.50. The second-order valence-electron chi connectivity index (χ2n) is 6.82. The van der Waals surface area contributed by atoms with Crippen molar-refractivity contribution in [3.05, 3.63) is 57.6 Å². The van der Waals surface area contributed by atoms with E-state index in [1.807, 2.05) is 36.0 Å². The third kappa shape index (κ3) is 3.31. The molecule has 3 heterocycles. The van der Waals surface area contributed by atoms with Crippen LogP contribution in [0.25, 0.3) is 10.9 Å². The molecule has 6 nitrogen and oxygen atoms in total. The average molecular weight is 388 g/mol. The van der Waals surface area contributed by atoms with Gasteiger partial charge in [-0.3, -0.25) is 4.79 Å². The van der Waals surface area contributed by atoms with E-state index in [9.17, 15) is 4.79 Å². The number of rotatable bonds is 4. The molecule has 1 aromatic carbocycles. The van der Waals surface area contributed by atoms with Crippen LogP contribution in [0.3, 0.4) is 0 Å². The van der Waals surface area contributed by atoms with Crippen molar-refractivity contribution in [3.63, 3.8) is 0 Å². The number of H-pyrrole nitrogens is 1. The Kier molecular flexibility index (Phi) is 4.85. The summed E-state index contributed by atoms with van der Waals surface area (Å²) in [5.74, 6) is 1.46. The fourth-order valence-electron chi connectivity index (χ4n) is 3.84. The fourth-order valence-corrected chi connectivity index (χ4v) is 4.06. The van der Waals surface area contributed by atoms with Crippen LogP contribution < -0.4 is 20.3 Å². The number of pyridine rings is 1. The number of fused-ring (bicyclic) bond motifs is 1. The number of aromatic amines is 1. The molecule has 2 N–H and O–H groups in total. The highest BCUT2D eigenvalue weighted by Gasteiger charge is 2.31. The maximum atomic E-state index is 12.2. The number of ether oxygens (including phenoxy) is 2. The standard InChI is InChI=1S/C20H22ClN3O3/c1-24-11-15(13-5-8-23-20(25)19(13)24)14-10-22-7-6-17(14)27-18-4-3-12(26-2)9-16(18)21/h3-5,8-9,11,14,17,22H,6-7,10H2,1-2H3,(H,23,25). The molecule has 7 heteroatoms. The van der Waals surface area contributed by atoms with E-state index in [1.165, 1.54) is 0 Å². The third-order valence-corrected chi connectivity index (χ3v) is 5.46. The molecule has 2 atom stereocenters. The molecule has 27 heavy (non-hydrogen) atoms. The quantitative estimate of drug-likeness (QED) is 0.722. The molecule has 0 radical (unpaired) electrons. The fraction of sp³-hybridized carbons (Fsp3) is 0.350. The van der Waals surface area contributed by atoms with Crippen LogP contribution in [0.2, 0.25) is 5.02 Å². The maximum Gasteiger partial charge on any atom is 0.272 e. The van der Waals surface area contributed by atoms with Gasteiger partial charge in [0.05, 0.1) is 12.1 Å². The number of methoxy groups -OCH3 is 1. The van der Waals surface area contributed by atoms with Gasteiger partial charge in [0.2, 0.25) is 0 Å². The molecule has 1 saturated heterocycles. The Balaban J connectivity index is 1.70. The van der Waals surface area contributed by atoms with Crippen LogP contribution in [0.15, 0.2) is 41.5 Å². The molecule has 2 unspecified atom stereocenters. The Labute approximate surface area is 162 Å². The van der Waals surface area contributed by atoms with Gasteiger partial charge in [0.25, 0.3) is 5.56 Å². The zero-order valence-corrected chi connectivity index (χ0v) is 16.0. The smallest absolute Gasteiger partial charge is 0.272 e. The molecule has 2 aromatic heterocycles. The van der Waals surface area contributed by atoms with Crippen LogP contribution in [0.5, 0.6) is 11.5 Å². The Hall–Kier alpha value is -2.44. The molecule has 0 amide bonds. The molecule has 3 aromatic rings. The average Bonchev–Trinajstić information content (AvgIpc) is 3.01. The Morgan fingerprint density at radius 3 is 2.93 bits per heavy atom. The normalized spacial score (nSPS) is 20.0. The first-order valence-electron chi connectivity index (χ1n) is 8.96. The number of halogens is 1. The second-order valence-corrected chi connectivity index (χ2v) is 7.22. The summed E-state index contributed by atoms with van der Waals surface area (Å²) in [6.45, 7) is 1.66. The van der Waals surface area contributed by atoms with E-state index in [0.29, 0.717) is 22.0 Å². The van der Waals surface area contributed by atoms with Crippen molar-refractivity contribution in [2.24, 2.45) is 7.05 Å². The van der Waals surface area contributed by atoms with E-state index in [1.54, 1.807) is 19.4 Å². The van der Waals surface area contributed by atoms with E-state index in [0.717, 1.165) is 30.5 Å². The number of hydrogen-bond acceptors (Lipinski definition) is 4. The van der Waals surface area contributed by atoms with Gasteiger partial charge in [-0.05, 0) is 36.7 Å². The zero-order valence-electron chi connectivity index (χ0n) is 15.3. The zero-order chi connectivity index (χ0) is 19.0. The number of aryl methyl sites for hydroxylation is 1. The predicted octanol–water partition coefficient (Wildman–Crippen LogP) is 3.05. The van der Waals surface area contributed by atoms with Gasteiger partial charge in [-0.15, -0.1) is 0 Å². The Bertz CT molecular complexity index is 1030. The van der Waals surface area contributed by atoms with Crippen molar-refractivity contribution >= 4 is 22.5 Å². The predicted molar refractivity (Wildman–Crippen MR) is 106 cm³/mol. The number of hydrogen-bond donors (Lipinski definition) is 2. The SMILES string of the molecule is COc1ccc(OC2CCNCC2c2cn(C)c3c(=O)[nH]ccc23)c(Cl)c1. The van der Waals surface area contributed by atoms with Gasteiger partial charge < -0.3 is 24.3 Å². The van der Waals surface area contributed by atoms with Gasteiger partial charge in [-0.1, -0.05) is 11.6 Å². The lowest BCUT2D eigenvalue weighted by atomic mass is 9.88. The van der Waals surface area contributed by atoms with E-state index < -0.39 is 0 Å². The summed E-state index contributed by atoms with van der Waals surface area (Å²) < 4.78 is 13.4. The second kappa shape index (κ2) is 7.29. The van der Waals surface area contributed by atoms with E-state index in [4.69, 9.17) is 21.1 Å². The summed E-state index contributed by atoms with van der Waals surface area (Å²) in [5, 5.41) is 4.93. The lowest BCUT2D eigenvalue weighted by molar-refractivity contribution is 0.139. The molecule has 0 saturated carbocycles. The van der Waals surface area contributed by atoms with Crippen molar-refractivity contribution < 1.29 is 9.47 Å². The molecule has 1 fully saturated rings. The summed E-state index contributed by atoms with van der Waals surface area (Å²) >= 11 is 6.37. The molecule has 0 aliphatic carbocycles. The summed E-state index contributed by atoms with van der Waals surface area (Å²) in [5.41, 5.74) is 1.71. The van der Waals surface area contributed by atoms with Crippen molar-refractivity contribution in [2.75, 3.05) is 20.2 Å². The van der Waals surface area contributed by atoms with Gasteiger partial charge >= 0.3 is 0 Å². The first-order valence-corrected chi connectivity index (χ1v) is 9.34. The maximum absolute atomic E-state index is 12.2. The molecular formula is C20H22ClN3O3. The van der Waals surface area contributed by atoms with E-state index in [-0.39, 0.29) is 17.6 Å². The van der Waals surface area contributed by atoms with Gasteiger partial charge in [-0.25, -0.2) is 0 Å². The monoisotopic (exact) mass is 387 g/mol. The number of piperidine rings is 1. The van der Waals surface area contributed by atoms with Crippen LogP contribution in [-0.2, 0) is 7.05 Å². The highest BCUT2D eigenvalue weighted by molar-refractivity contribution is 6.32.